The SMILES string of the molecule is O=C(NC(=S)Nc1cccc(C(F)(F)F)c1)c1ccccc1F. The molecule has 120 valence electrons. The quantitative estimate of drug-likeness (QED) is 0.641. The van der Waals surface area contributed by atoms with E-state index < -0.39 is 23.5 Å². The van der Waals surface area contributed by atoms with Crippen LogP contribution in [0.3, 0.4) is 0 Å². The van der Waals surface area contributed by atoms with Crippen LogP contribution < -0.4 is 10.6 Å². The van der Waals surface area contributed by atoms with E-state index in [1.165, 1.54) is 30.3 Å². The van der Waals surface area contributed by atoms with Gasteiger partial charge in [-0.25, -0.2) is 4.39 Å². The molecular weight excluding hydrogens is 332 g/mol. The Morgan fingerprint density at radius 2 is 1.74 bits per heavy atom. The molecule has 2 aromatic carbocycles. The van der Waals surface area contributed by atoms with Crippen LogP contribution >= 0.6 is 12.2 Å². The number of halogens is 4. The molecule has 0 radical (unpaired) electrons. The molecule has 0 aliphatic rings. The summed E-state index contributed by atoms with van der Waals surface area (Å²) in [4.78, 5) is 11.8. The van der Waals surface area contributed by atoms with E-state index in [0.29, 0.717) is 0 Å². The third kappa shape index (κ3) is 4.49. The summed E-state index contributed by atoms with van der Waals surface area (Å²) in [6, 6.07) is 9.58. The van der Waals surface area contributed by atoms with Crippen molar-refractivity contribution in [2.75, 3.05) is 5.32 Å². The molecule has 0 saturated heterocycles. The van der Waals surface area contributed by atoms with E-state index >= 15 is 0 Å². The zero-order valence-corrected chi connectivity index (χ0v) is 12.3. The fraction of sp³-hybridized carbons (Fsp3) is 0.0667. The normalized spacial score (nSPS) is 11.0. The zero-order chi connectivity index (χ0) is 17.0. The summed E-state index contributed by atoms with van der Waals surface area (Å²) in [5.74, 6) is -1.53. The second kappa shape index (κ2) is 6.74. The Balaban J connectivity index is 2.06. The first-order valence-electron chi connectivity index (χ1n) is 6.31. The molecule has 3 nitrogen and oxygen atoms in total. The molecule has 0 aliphatic heterocycles. The molecule has 1 amide bonds. The van der Waals surface area contributed by atoms with Gasteiger partial charge in [0.25, 0.3) is 5.91 Å². The largest absolute Gasteiger partial charge is 0.416 e. The number of rotatable bonds is 2. The maximum atomic E-state index is 13.5. The van der Waals surface area contributed by atoms with Crippen molar-refractivity contribution in [3.05, 3.63) is 65.5 Å². The molecule has 0 bridgehead atoms. The molecule has 8 heteroatoms. The Morgan fingerprint density at radius 3 is 2.39 bits per heavy atom. The van der Waals surface area contributed by atoms with E-state index in [1.807, 2.05) is 0 Å². The molecule has 0 unspecified atom stereocenters. The summed E-state index contributed by atoms with van der Waals surface area (Å²) < 4.78 is 51.3. The van der Waals surface area contributed by atoms with Gasteiger partial charge in [-0.1, -0.05) is 18.2 Å². The predicted molar refractivity (Wildman–Crippen MR) is 81.5 cm³/mol. The Bertz CT molecular complexity index is 746. The summed E-state index contributed by atoms with van der Waals surface area (Å²) >= 11 is 4.85. The lowest BCUT2D eigenvalue weighted by Gasteiger charge is -2.12. The highest BCUT2D eigenvalue weighted by molar-refractivity contribution is 7.80. The van der Waals surface area contributed by atoms with Crippen molar-refractivity contribution in [2.45, 2.75) is 6.18 Å². The molecule has 0 spiro atoms. The number of hydrogen-bond donors (Lipinski definition) is 2. The smallest absolute Gasteiger partial charge is 0.332 e. The van der Waals surface area contributed by atoms with Gasteiger partial charge in [0.1, 0.15) is 5.82 Å². The first-order chi connectivity index (χ1) is 10.8. The number of alkyl halides is 3. The molecule has 0 fully saturated rings. The minimum atomic E-state index is -4.49. The van der Waals surface area contributed by atoms with Crippen molar-refractivity contribution >= 4 is 28.9 Å². The van der Waals surface area contributed by atoms with Gasteiger partial charge in [-0.15, -0.1) is 0 Å². The highest BCUT2D eigenvalue weighted by Crippen LogP contribution is 2.30. The molecule has 23 heavy (non-hydrogen) atoms. The van der Waals surface area contributed by atoms with Crippen LogP contribution in [0.25, 0.3) is 0 Å². The van der Waals surface area contributed by atoms with E-state index in [0.717, 1.165) is 18.2 Å². The van der Waals surface area contributed by atoms with Crippen LogP contribution in [0.15, 0.2) is 48.5 Å². The number of thiocarbonyl (C=S) groups is 1. The Hall–Kier alpha value is -2.48. The summed E-state index contributed by atoms with van der Waals surface area (Å²) in [5, 5.41) is 4.42. The Labute approximate surface area is 134 Å². The van der Waals surface area contributed by atoms with Crippen molar-refractivity contribution in [1.29, 1.82) is 0 Å². The van der Waals surface area contributed by atoms with Crippen molar-refractivity contribution in [3.63, 3.8) is 0 Å². The lowest BCUT2D eigenvalue weighted by Crippen LogP contribution is -2.34. The number of nitrogens with one attached hydrogen (secondary N) is 2. The average molecular weight is 342 g/mol. The van der Waals surface area contributed by atoms with Crippen LogP contribution in [-0.2, 0) is 6.18 Å². The van der Waals surface area contributed by atoms with Gasteiger partial charge in [0.2, 0.25) is 0 Å². The van der Waals surface area contributed by atoms with Gasteiger partial charge in [0.05, 0.1) is 11.1 Å². The lowest BCUT2D eigenvalue weighted by atomic mass is 10.2. The number of amides is 1. The minimum Gasteiger partial charge on any atom is -0.332 e. The van der Waals surface area contributed by atoms with Gasteiger partial charge in [-0.05, 0) is 42.5 Å². The van der Waals surface area contributed by atoms with E-state index in [2.05, 4.69) is 10.6 Å². The molecule has 0 aliphatic carbocycles. The summed E-state index contributed by atoms with van der Waals surface area (Å²) in [5.41, 5.74) is -1.02. The van der Waals surface area contributed by atoms with Crippen molar-refractivity contribution in [2.24, 2.45) is 0 Å². The summed E-state index contributed by atoms with van der Waals surface area (Å²) in [6.07, 6.45) is -4.49. The predicted octanol–water partition coefficient (Wildman–Crippen LogP) is 3.97. The van der Waals surface area contributed by atoms with Crippen molar-refractivity contribution < 1.29 is 22.4 Å². The molecule has 0 heterocycles. The average Bonchev–Trinajstić information content (AvgIpc) is 2.46. The number of anilines is 1. The zero-order valence-electron chi connectivity index (χ0n) is 11.4. The number of carbonyl (C=O) groups is 1. The molecule has 2 aromatic rings. The van der Waals surface area contributed by atoms with Crippen LogP contribution in [0, 0.1) is 5.82 Å². The van der Waals surface area contributed by atoms with E-state index in [1.54, 1.807) is 0 Å². The van der Waals surface area contributed by atoms with Crippen LogP contribution in [0.4, 0.5) is 23.2 Å². The fourth-order valence-corrected chi connectivity index (χ4v) is 1.96. The molecule has 0 aromatic heterocycles. The second-order valence-electron chi connectivity index (χ2n) is 4.47. The molecule has 0 saturated carbocycles. The van der Waals surface area contributed by atoms with Crippen molar-refractivity contribution in [1.82, 2.24) is 5.32 Å². The van der Waals surface area contributed by atoms with Gasteiger partial charge < -0.3 is 5.32 Å². The summed E-state index contributed by atoms with van der Waals surface area (Å²) in [7, 11) is 0. The van der Waals surface area contributed by atoms with E-state index in [-0.39, 0.29) is 16.4 Å². The van der Waals surface area contributed by atoms with E-state index in [4.69, 9.17) is 12.2 Å². The van der Waals surface area contributed by atoms with E-state index in [9.17, 15) is 22.4 Å². The van der Waals surface area contributed by atoms with Gasteiger partial charge >= 0.3 is 6.18 Å². The number of hydrogen-bond acceptors (Lipinski definition) is 2. The molecule has 2 rings (SSSR count). The topological polar surface area (TPSA) is 41.1 Å². The monoisotopic (exact) mass is 342 g/mol. The first-order valence-corrected chi connectivity index (χ1v) is 6.72. The number of carbonyl (C=O) groups excluding carboxylic acids is 1. The van der Waals surface area contributed by atoms with Gasteiger partial charge in [0, 0.05) is 5.69 Å². The highest BCUT2D eigenvalue weighted by atomic mass is 32.1. The van der Waals surface area contributed by atoms with Crippen LogP contribution in [0.5, 0.6) is 0 Å². The molecule has 0 atom stereocenters. The minimum absolute atomic E-state index is 0.0543. The summed E-state index contributed by atoms with van der Waals surface area (Å²) in [6.45, 7) is 0. The standard InChI is InChI=1S/C15H10F4N2OS/c16-12-7-2-1-6-11(12)13(22)21-14(23)20-10-5-3-4-9(8-10)15(17,18)19/h1-8H,(H2,20,21,22,23). The third-order valence-electron chi connectivity index (χ3n) is 2.79. The number of benzene rings is 2. The maximum Gasteiger partial charge on any atom is 0.416 e. The van der Waals surface area contributed by atoms with Crippen molar-refractivity contribution in [3.8, 4) is 0 Å². The van der Waals surface area contributed by atoms with Gasteiger partial charge in [0.15, 0.2) is 5.11 Å². The maximum absolute atomic E-state index is 13.5. The molecule has 2 N–H and O–H groups in total. The Morgan fingerprint density at radius 1 is 1.04 bits per heavy atom. The second-order valence-corrected chi connectivity index (χ2v) is 4.87. The van der Waals surface area contributed by atoms with Crippen LogP contribution in [0.2, 0.25) is 0 Å². The Kier molecular flexibility index (Phi) is 4.95. The fourth-order valence-electron chi connectivity index (χ4n) is 1.75. The third-order valence-corrected chi connectivity index (χ3v) is 3.00. The molecular formula is C15H10F4N2OS. The lowest BCUT2D eigenvalue weighted by molar-refractivity contribution is -0.137. The van der Waals surface area contributed by atoms with Crippen LogP contribution in [0.1, 0.15) is 15.9 Å². The van der Waals surface area contributed by atoms with Crippen LogP contribution in [-0.4, -0.2) is 11.0 Å². The van der Waals surface area contributed by atoms with Gasteiger partial charge in [-0.2, -0.15) is 13.2 Å². The van der Waals surface area contributed by atoms with Gasteiger partial charge in [-0.3, -0.25) is 10.1 Å². The highest BCUT2D eigenvalue weighted by Gasteiger charge is 2.30. The first kappa shape index (κ1) is 16.9.